The Kier molecular flexibility index (Phi) is 4.44. The highest BCUT2D eigenvalue weighted by Gasteiger charge is 2.21. The van der Waals surface area contributed by atoms with Gasteiger partial charge in [-0.05, 0) is 18.2 Å². The molecule has 20 heavy (non-hydrogen) atoms. The number of hydrogen-bond donors (Lipinski definition) is 0. The minimum Gasteiger partial charge on any atom is -0.340 e. The third kappa shape index (κ3) is 3.39. The van der Waals surface area contributed by atoms with Gasteiger partial charge >= 0.3 is 0 Å². The Balaban J connectivity index is 1.92. The Morgan fingerprint density at radius 3 is 2.30 bits per heavy atom. The van der Waals surface area contributed by atoms with E-state index in [-0.39, 0.29) is 23.8 Å². The Labute approximate surface area is 116 Å². The van der Waals surface area contributed by atoms with Gasteiger partial charge in [-0.3, -0.25) is 14.5 Å². The van der Waals surface area contributed by atoms with Gasteiger partial charge in [-0.1, -0.05) is 0 Å². The van der Waals surface area contributed by atoms with E-state index in [9.17, 15) is 18.4 Å². The van der Waals surface area contributed by atoms with E-state index in [2.05, 4.69) is 0 Å². The van der Waals surface area contributed by atoms with Crippen LogP contribution in [-0.4, -0.2) is 54.2 Å². The first-order valence-corrected chi connectivity index (χ1v) is 6.43. The SMILES string of the molecule is CC(=O)N1CCN(CC(=O)c2ccc(F)c(F)c2)CC1. The summed E-state index contributed by atoms with van der Waals surface area (Å²) >= 11 is 0. The summed E-state index contributed by atoms with van der Waals surface area (Å²) in [5, 5.41) is 0. The highest BCUT2D eigenvalue weighted by Crippen LogP contribution is 2.11. The predicted molar refractivity (Wildman–Crippen MR) is 69.4 cm³/mol. The molecule has 0 saturated carbocycles. The zero-order chi connectivity index (χ0) is 14.7. The molecule has 0 radical (unpaired) electrons. The van der Waals surface area contributed by atoms with Gasteiger partial charge in [0, 0.05) is 38.7 Å². The van der Waals surface area contributed by atoms with Crippen molar-refractivity contribution in [3.8, 4) is 0 Å². The first-order valence-electron chi connectivity index (χ1n) is 6.43. The molecule has 0 N–H and O–H groups in total. The quantitative estimate of drug-likeness (QED) is 0.785. The minimum atomic E-state index is -1.02. The van der Waals surface area contributed by atoms with E-state index in [1.165, 1.54) is 13.0 Å². The number of piperazine rings is 1. The second kappa shape index (κ2) is 6.09. The van der Waals surface area contributed by atoms with Gasteiger partial charge < -0.3 is 4.90 Å². The Hall–Kier alpha value is -1.82. The van der Waals surface area contributed by atoms with E-state index in [4.69, 9.17) is 0 Å². The van der Waals surface area contributed by atoms with Crippen molar-refractivity contribution in [2.45, 2.75) is 6.92 Å². The van der Waals surface area contributed by atoms with Gasteiger partial charge in [0.25, 0.3) is 0 Å². The molecule has 0 unspecified atom stereocenters. The van der Waals surface area contributed by atoms with Gasteiger partial charge in [-0.15, -0.1) is 0 Å². The van der Waals surface area contributed by atoms with Crippen LogP contribution in [0.15, 0.2) is 18.2 Å². The smallest absolute Gasteiger partial charge is 0.219 e. The standard InChI is InChI=1S/C14H16F2N2O2/c1-10(19)18-6-4-17(5-7-18)9-14(20)11-2-3-12(15)13(16)8-11/h2-3,8H,4-7,9H2,1H3. The maximum atomic E-state index is 13.1. The summed E-state index contributed by atoms with van der Waals surface area (Å²) < 4.78 is 25.9. The molecule has 1 heterocycles. The third-order valence-corrected chi connectivity index (χ3v) is 3.43. The van der Waals surface area contributed by atoms with Gasteiger partial charge in [0.2, 0.25) is 5.91 Å². The lowest BCUT2D eigenvalue weighted by molar-refractivity contribution is -0.130. The van der Waals surface area contributed by atoms with E-state index in [0.29, 0.717) is 26.2 Å². The van der Waals surface area contributed by atoms with E-state index in [0.717, 1.165) is 12.1 Å². The number of rotatable bonds is 3. The van der Waals surface area contributed by atoms with Crippen LogP contribution < -0.4 is 0 Å². The molecular weight excluding hydrogens is 266 g/mol. The molecule has 0 spiro atoms. The van der Waals surface area contributed by atoms with E-state index in [1.54, 1.807) is 4.90 Å². The number of amides is 1. The maximum absolute atomic E-state index is 13.1. The monoisotopic (exact) mass is 282 g/mol. The van der Waals surface area contributed by atoms with Gasteiger partial charge in [0.1, 0.15) is 0 Å². The summed E-state index contributed by atoms with van der Waals surface area (Å²) in [6, 6.07) is 3.16. The number of benzene rings is 1. The molecule has 6 heteroatoms. The number of hydrogen-bond acceptors (Lipinski definition) is 3. The first kappa shape index (κ1) is 14.6. The molecule has 4 nitrogen and oxygen atoms in total. The Bertz CT molecular complexity index is 526. The number of carbonyl (C=O) groups is 2. The van der Waals surface area contributed by atoms with Crippen LogP contribution in [-0.2, 0) is 4.79 Å². The van der Waals surface area contributed by atoms with Crippen LogP contribution in [0.25, 0.3) is 0 Å². The van der Waals surface area contributed by atoms with Crippen molar-refractivity contribution in [2.75, 3.05) is 32.7 Å². The average molecular weight is 282 g/mol. The summed E-state index contributed by atoms with van der Waals surface area (Å²) in [7, 11) is 0. The lowest BCUT2D eigenvalue weighted by Gasteiger charge is -2.33. The third-order valence-electron chi connectivity index (χ3n) is 3.43. The number of Topliss-reactive ketones (excluding diaryl/α,β-unsaturated/α-hetero) is 1. The van der Waals surface area contributed by atoms with Crippen molar-refractivity contribution in [1.29, 1.82) is 0 Å². The summed E-state index contributed by atoms with van der Waals surface area (Å²) in [6.07, 6.45) is 0. The second-order valence-corrected chi connectivity index (χ2v) is 4.83. The Morgan fingerprint density at radius 2 is 1.75 bits per heavy atom. The zero-order valence-electron chi connectivity index (χ0n) is 11.2. The van der Waals surface area contributed by atoms with E-state index in [1.807, 2.05) is 4.90 Å². The van der Waals surface area contributed by atoms with Gasteiger partial charge in [0.15, 0.2) is 17.4 Å². The van der Waals surface area contributed by atoms with E-state index < -0.39 is 11.6 Å². The second-order valence-electron chi connectivity index (χ2n) is 4.83. The highest BCUT2D eigenvalue weighted by molar-refractivity contribution is 5.97. The highest BCUT2D eigenvalue weighted by atomic mass is 19.2. The number of nitrogens with zero attached hydrogens (tertiary/aromatic N) is 2. The topological polar surface area (TPSA) is 40.6 Å². The molecule has 1 aromatic carbocycles. The number of ketones is 1. The minimum absolute atomic E-state index is 0.0246. The van der Waals surface area contributed by atoms with Crippen LogP contribution in [0.4, 0.5) is 8.78 Å². The molecule has 1 saturated heterocycles. The van der Waals surface area contributed by atoms with Gasteiger partial charge in [-0.25, -0.2) is 8.78 Å². The molecule has 0 aliphatic carbocycles. The van der Waals surface area contributed by atoms with Crippen molar-refractivity contribution in [1.82, 2.24) is 9.80 Å². The van der Waals surface area contributed by atoms with Crippen LogP contribution in [0.1, 0.15) is 17.3 Å². The lowest BCUT2D eigenvalue weighted by Crippen LogP contribution is -2.49. The predicted octanol–water partition coefficient (Wildman–Crippen LogP) is 1.31. The number of halogens is 2. The van der Waals surface area contributed by atoms with E-state index >= 15 is 0 Å². The molecule has 1 aromatic rings. The van der Waals surface area contributed by atoms with Crippen molar-refractivity contribution in [3.05, 3.63) is 35.4 Å². The van der Waals surface area contributed by atoms with Crippen molar-refractivity contribution >= 4 is 11.7 Å². The lowest BCUT2D eigenvalue weighted by atomic mass is 10.1. The number of carbonyl (C=O) groups excluding carboxylic acids is 2. The molecule has 2 rings (SSSR count). The molecule has 1 fully saturated rings. The molecule has 1 aliphatic heterocycles. The van der Waals surface area contributed by atoms with Gasteiger partial charge in [-0.2, -0.15) is 0 Å². The normalized spacial score (nSPS) is 16.2. The van der Waals surface area contributed by atoms with Crippen LogP contribution in [0, 0.1) is 11.6 Å². The summed E-state index contributed by atoms with van der Waals surface area (Å²) in [5.74, 6) is -2.20. The molecular formula is C14H16F2N2O2. The van der Waals surface area contributed by atoms with Crippen molar-refractivity contribution in [2.24, 2.45) is 0 Å². The van der Waals surface area contributed by atoms with Crippen LogP contribution in [0.5, 0.6) is 0 Å². The fraction of sp³-hybridized carbons (Fsp3) is 0.429. The zero-order valence-corrected chi connectivity index (χ0v) is 11.2. The fourth-order valence-corrected chi connectivity index (χ4v) is 2.18. The van der Waals surface area contributed by atoms with Crippen LogP contribution in [0.2, 0.25) is 0 Å². The van der Waals surface area contributed by atoms with Crippen molar-refractivity contribution in [3.63, 3.8) is 0 Å². The van der Waals surface area contributed by atoms with Crippen molar-refractivity contribution < 1.29 is 18.4 Å². The fourth-order valence-electron chi connectivity index (χ4n) is 2.18. The molecule has 108 valence electrons. The summed E-state index contributed by atoms with van der Waals surface area (Å²) in [4.78, 5) is 26.8. The average Bonchev–Trinajstić information content (AvgIpc) is 2.42. The summed E-state index contributed by atoms with van der Waals surface area (Å²) in [6.45, 7) is 4.05. The maximum Gasteiger partial charge on any atom is 0.219 e. The molecule has 0 bridgehead atoms. The summed E-state index contributed by atoms with van der Waals surface area (Å²) in [5.41, 5.74) is 0.165. The van der Waals surface area contributed by atoms with Crippen LogP contribution >= 0.6 is 0 Å². The molecule has 0 atom stereocenters. The molecule has 1 aliphatic rings. The molecule has 0 aromatic heterocycles. The van der Waals surface area contributed by atoms with Crippen LogP contribution in [0.3, 0.4) is 0 Å². The Morgan fingerprint density at radius 1 is 1.10 bits per heavy atom. The molecule has 1 amide bonds. The first-order chi connectivity index (χ1) is 9.47. The largest absolute Gasteiger partial charge is 0.340 e. The van der Waals surface area contributed by atoms with Gasteiger partial charge in [0.05, 0.1) is 6.54 Å².